The summed E-state index contributed by atoms with van der Waals surface area (Å²) in [4.78, 5) is 0. The smallest absolute Gasteiger partial charge is 0.0157 e. The van der Waals surface area contributed by atoms with Crippen molar-refractivity contribution in [2.24, 2.45) is 0 Å². The Balaban J connectivity index is 2.73. The molecule has 1 aliphatic rings. The summed E-state index contributed by atoms with van der Waals surface area (Å²) in [5.41, 5.74) is 2.66. The zero-order chi connectivity index (χ0) is 8.10. The number of rotatable bonds is 1. The molecule has 0 saturated heterocycles. The molecule has 0 spiro atoms. The molecule has 1 rings (SSSR count). The van der Waals surface area contributed by atoms with Crippen molar-refractivity contribution in [2.75, 3.05) is 0 Å². The predicted octanol–water partition coefficient (Wildman–Crippen LogP) is 3.40. The van der Waals surface area contributed by atoms with E-state index in [0.29, 0.717) is 0 Å². The lowest BCUT2D eigenvalue weighted by molar-refractivity contribution is 1.34. The molecule has 0 heterocycles. The Morgan fingerprint density at radius 1 is 1.36 bits per heavy atom. The van der Waals surface area contributed by atoms with Gasteiger partial charge in [0.25, 0.3) is 0 Å². The van der Waals surface area contributed by atoms with Crippen molar-refractivity contribution >= 4 is 0 Å². The van der Waals surface area contributed by atoms with Crippen LogP contribution in [0.3, 0.4) is 0 Å². The Morgan fingerprint density at radius 3 is 2.91 bits per heavy atom. The molecule has 0 fully saturated rings. The van der Waals surface area contributed by atoms with E-state index >= 15 is 0 Å². The van der Waals surface area contributed by atoms with Crippen molar-refractivity contribution in [1.82, 2.24) is 0 Å². The van der Waals surface area contributed by atoms with E-state index < -0.39 is 0 Å². The summed E-state index contributed by atoms with van der Waals surface area (Å²) in [5, 5.41) is 0. The first-order valence-corrected chi connectivity index (χ1v) is 3.97. The minimum absolute atomic E-state index is 1.05. The van der Waals surface area contributed by atoms with Gasteiger partial charge >= 0.3 is 0 Å². The SMILES string of the molecule is CC(C)=CC1=CCC=CC=C1. The first-order chi connectivity index (χ1) is 5.29. The maximum Gasteiger partial charge on any atom is -0.0157 e. The molecule has 0 aromatic rings. The van der Waals surface area contributed by atoms with E-state index in [1.54, 1.807) is 0 Å². The van der Waals surface area contributed by atoms with Gasteiger partial charge in [-0.3, -0.25) is 0 Å². The maximum absolute atomic E-state index is 2.23. The van der Waals surface area contributed by atoms with Gasteiger partial charge < -0.3 is 0 Å². The van der Waals surface area contributed by atoms with Gasteiger partial charge in [0, 0.05) is 0 Å². The number of allylic oxidation sites excluding steroid dienone is 8. The molecule has 0 unspecified atom stereocenters. The fourth-order valence-electron chi connectivity index (χ4n) is 1.04. The van der Waals surface area contributed by atoms with E-state index in [4.69, 9.17) is 0 Å². The molecule has 1 aliphatic carbocycles. The molecular weight excluding hydrogens is 132 g/mol. The Morgan fingerprint density at radius 2 is 2.18 bits per heavy atom. The Kier molecular flexibility index (Phi) is 2.91. The molecule has 0 saturated carbocycles. The van der Waals surface area contributed by atoms with Gasteiger partial charge in [0.2, 0.25) is 0 Å². The van der Waals surface area contributed by atoms with E-state index in [2.05, 4.69) is 50.3 Å². The third-order valence-corrected chi connectivity index (χ3v) is 1.48. The molecular formula is C11H14. The molecule has 0 atom stereocenters. The number of hydrogen-bond acceptors (Lipinski definition) is 0. The minimum Gasteiger partial charge on any atom is -0.0807 e. The molecule has 0 bridgehead atoms. The zero-order valence-corrected chi connectivity index (χ0v) is 7.17. The van der Waals surface area contributed by atoms with Crippen LogP contribution in [0.4, 0.5) is 0 Å². The molecule has 0 aromatic heterocycles. The first-order valence-electron chi connectivity index (χ1n) is 3.97. The average molecular weight is 146 g/mol. The summed E-state index contributed by atoms with van der Waals surface area (Å²) in [7, 11) is 0. The third-order valence-electron chi connectivity index (χ3n) is 1.48. The molecule has 0 aromatic carbocycles. The molecule has 0 aliphatic heterocycles. The molecule has 0 N–H and O–H groups in total. The molecule has 0 heteroatoms. The second-order valence-corrected chi connectivity index (χ2v) is 2.95. The van der Waals surface area contributed by atoms with E-state index in [9.17, 15) is 0 Å². The van der Waals surface area contributed by atoms with Crippen molar-refractivity contribution in [2.45, 2.75) is 20.3 Å². The van der Waals surface area contributed by atoms with Crippen molar-refractivity contribution in [3.63, 3.8) is 0 Å². The van der Waals surface area contributed by atoms with Crippen LogP contribution in [0.2, 0.25) is 0 Å². The predicted molar refractivity (Wildman–Crippen MR) is 50.4 cm³/mol. The molecule has 0 amide bonds. The maximum atomic E-state index is 2.23. The fraction of sp³-hybridized carbons (Fsp3) is 0.273. The van der Waals surface area contributed by atoms with Crippen molar-refractivity contribution < 1.29 is 0 Å². The molecule has 58 valence electrons. The third kappa shape index (κ3) is 3.03. The van der Waals surface area contributed by atoms with E-state index in [-0.39, 0.29) is 0 Å². The Labute approximate surface area is 68.6 Å². The van der Waals surface area contributed by atoms with Crippen LogP contribution < -0.4 is 0 Å². The van der Waals surface area contributed by atoms with Crippen molar-refractivity contribution in [3.8, 4) is 0 Å². The first kappa shape index (κ1) is 8.06. The van der Waals surface area contributed by atoms with Gasteiger partial charge in [0.15, 0.2) is 0 Å². The van der Waals surface area contributed by atoms with Crippen LogP contribution in [0.25, 0.3) is 0 Å². The van der Waals surface area contributed by atoms with Gasteiger partial charge in [-0.15, -0.1) is 0 Å². The van der Waals surface area contributed by atoms with Gasteiger partial charge in [0.1, 0.15) is 0 Å². The Hall–Kier alpha value is -1.04. The van der Waals surface area contributed by atoms with Gasteiger partial charge in [-0.1, -0.05) is 42.0 Å². The standard InChI is InChI=1S/C11H14/c1-10(2)9-11-7-5-3-4-6-8-11/h3-5,7-9H,6H2,1-2H3. The van der Waals surface area contributed by atoms with E-state index in [1.807, 2.05) is 0 Å². The fourth-order valence-corrected chi connectivity index (χ4v) is 1.04. The highest BCUT2D eigenvalue weighted by molar-refractivity contribution is 5.36. The van der Waals surface area contributed by atoms with Crippen LogP contribution in [-0.2, 0) is 0 Å². The summed E-state index contributed by atoms with van der Waals surface area (Å²) in [6, 6.07) is 0. The van der Waals surface area contributed by atoms with E-state index in [1.165, 1.54) is 11.1 Å². The molecule has 11 heavy (non-hydrogen) atoms. The minimum atomic E-state index is 1.05. The van der Waals surface area contributed by atoms with Crippen molar-refractivity contribution in [1.29, 1.82) is 0 Å². The summed E-state index contributed by atoms with van der Waals surface area (Å²) >= 11 is 0. The lowest BCUT2D eigenvalue weighted by atomic mass is 10.1. The second kappa shape index (κ2) is 3.97. The quantitative estimate of drug-likeness (QED) is 0.532. The topological polar surface area (TPSA) is 0 Å². The highest BCUT2D eigenvalue weighted by atomic mass is 13.9. The normalized spacial score (nSPS) is 15.6. The van der Waals surface area contributed by atoms with Gasteiger partial charge in [-0.25, -0.2) is 0 Å². The molecule has 0 nitrogen and oxygen atoms in total. The van der Waals surface area contributed by atoms with Gasteiger partial charge in [-0.05, 0) is 25.8 Å². The number of hydrogen-bond donors (Lipinski definition) is 0. The van der Waals surface area contributed by atoms with Gasteiger partial charge in [-0.2, -0.15) is 0 Å². The van der Waals surface area contributed by atoms with Crippen LogP contribution in [-0.4, -0.2) is 0 Å². The second-order valence-electron chi connectivity index (χ2n) is 2.95. The zero-order valence-electron chi connectivity index (χ0n) is 7.17. The van der Waals surface area contributed by atoms with E-state index in [0.717, 1.165) is 6.42 Å². The van der Waals surface area contributed by atoms with Crippen LogP contribution >= 0.6 is 0 Å². The van der Waals surface area contributed by atoms with Crippen LogP contribution in [0.15, 0.2) is 47.6 Å². The largest absolute Gasteiger partial charge is 0.0807 e. The van der Waals surface area contributed by atoms with Crippen LogP contribution in [0.1, 0.15) is 20.3 Å². The summed E-state index contributed by atoms with van der Waals surface area (Å²) in [5.74, 6) is 0. The highest BCUT2D eigenvalue weighted by Gasteiger charge is 1.87. The highest BCUT2D eigenvalue weighted by Crippen LogP contribution is 2.08. The average Bonchev–Trinajstić information content (AvgIpc) is 2.14. The monoisotopic (exact) mass is 146 g/mol. The van der Waals surface area contributed by atoms with Crippen LogP contribution in [0.5, 0.6) is 0 Å². The lowest BCUT2D eigenvalue weighted by Gasteiger charge is -1.92. The lowest BCUT2D eigenvalue weighted by Crippen LogP contribution is -1.72. The van der Waals surface area contributed by atoms with Gasteiger partial charge in [0.05, 0.1) is 0 Å². The summed E-state index contributed by atoms with van der Waals surface area (Å²) in [6.07, 6.45) is 13.9. The van der Waals surface area contributed by atoms with Crippen LogP contribution in [0, 0.1) is 0 Å². The van der Waals surface area contributed by atoms with Crippen molar-refractivity contribution in [3.05, 3.63) is 47.6 Å². The Bertz CT molecular complexity index is 233. The summed E-state index contributed by atoms with van der Waals surface area (Å²) < 4.78 is 0. The molecule has 0 radical (unpaired) electrons. The summed E-state index contributed by atoms with van der Waals surface area (Å²) in [6.45, 7) is 4.24.